The molecule has 0 bridgehead atoms. The maximum atomic E-state index is 12.2. The molecule has 0 aromatic carbocycles. The summed E-state index contributed by atoms with van der Waals surface area (Å²) in [6, 6.07) is 1.75. The number of aryl methyl sites for hydroxylation is 2. The van der Waals surface area contributed by atoms with E-state index in [1.807, 2.05) is 0 Å². The summed E-state index contributed by atoms with van der Waals surface area (Å²) in [4.78, 5) is 8.05. The molecule has 0 aliphatic heterocycles. The summed E-state index contributed by atoms with van der Waals surface area (Å²) in [7, 11) is -3.79. The van der Waals surface area contributed by atoms with E-state index in [1.54, 1.807) is 26.8 Å². The first-order chi connectivity index (χ1) is 9.24. The number of anilines is 1. The molecule has 0 radical (unpaired) electrons. The molecule has 108 valence electrons. The number of nitrogens with one attached hydrogen (secondary N) is 1. The molecule has 1 rings (SSSR count). The number of rotatable bonds is 5. The van der Waals surface area contributed by atoms with Gasteiger partial charge >= 0.3 is 0 Å². The van der Waals surface area contributed by atoms with Gasteiger partial charge in [-0.15, -0.1) is 0 Å². The molecule has 0 unspecified atom stereocenters. The Hall–Kier alpha value is -2.15. The van der Waals surface area contributed by atoms with E-state index in [0.717, 1.165) is 0 Å². The second kappa shape index (κ2) is 6.33. The zero-order valence-electron chi connectivity index (χ0n) is 11.7. The summed E-state index contributed by atoms with van der Waals surface area (Å²) >= 11 is 0. The van der Waals surface area contributed by atoms with Gasteiger partial charge in [-0.05, 0) is 45.1 Å². The summed E-state index contributed by atoms with van der Waals surface area (Å²) in [5.74, 6) is 0.0312. The van der Waals surface area contributed by atoms with Crippen LogP contribution in [0.15, 0.2) is 41.5 Å². The number of hydrogen-bond acceptors (Lipinski definition) is 5. The van der Waals surface area contributed by atoms with Gasteiger partial charge in [-0.2, -0.15) is 0 Å². The number of hydrogen-bond donors (Lipinski definition) is 2. The highest BCUT2D eigenvalue weighted by molar-refractivity contribution is 7.96. The Labute approximate surface area is 119 Å². The van der Waals surface area contributed by atoms with Gasteiger partial charge < -0.3 is 5.73 Å². The minimum Gasteiger partial charge on any atom is -0.402 e. The van der Waals surface area contributed by atoms with Crippen molar-refractivity contribution in [3.05, 3.63) is 52.9 Å². The molecule has 7 heteroatoms. The highest BCUT2D eigenvalue weighted by Crippen LogP contribution is 2.13. The molecular weight excluding hydrogens is 276 g/mol. The van der Waals surface area contributed by atoms with Gasteiger partial charge in [0.15, 0.2) is 0 Å². The average Bonchev–Trinajstić information content (AvgIpc) is 2.26. The first-order valence-corrected chi connectivity index (χ1v) is 7.34. The van der Waals surface area contributed by atoms with Crippen molar-refractivity contribution in [2.24, 2.45) is 5.73 Å². The maximum absolute atomic E-state index is 12.2. The molecule has 0 amide bonds. The molecule has 3 N–H and O–H groups in total. The highest BCUT2D eigenvalue weighted by Gasteiger charge is 2.16. The van der Waals surface area contributed by atoms with E-state index in [-0.39, 0.29) is 10.9 Å². The fourth-order valence-electron chi connectivity index (χ4n) is 1.43. The average molecular weight is 294 g/mol. The van der Waals surface area contributed by atoms with Gasteiger partial charge in [-0.25, -0.2) is 23.1 Å². The third-order valence-electron chi connectivity index (χ3n) is 2.23. The first-order valence-electron chi connectivity index (χ1n) is 5.86. The Kier molecular flexibility index (Phi) is 5.04. The van der Waals surface area contributed by atoms with Crippen LogP contribution < -0.4 is 10.5 Å². The number of sulfonamides is 1. The fraction of sp³-hybridized carbons (Fsp3) is 0.231. The second-order valence-electron chi connectivity index (χ2n) is 4.26. The Morgan fingerprint density at radius 3 is 2.30 bits per heavy atom. The van der Waals surface area contributed by atoms with E-state index in [1.165, 1.54) is 18.2 Å². The van der Waals surface area contributed by atoms with Crippen LogP contribution in [0.2, 0.25) is 0 Å². The summed E-state index contributed by atoms with van der Waals surface area (Å²) in [6.07, 6.45) is 4.08. The Morgan fingerprint density at radius 2 is 1.85 bits per heavy atom. The van der Waals surface area contributed by atoms with Crippen molar-refractivity contribution in [3.8, 4) is 0 Å². The summed E-state index contributed by atoms with van der Waals surface area (Å²) in [6.45, 7) is 8.66. The molecule has 20 heavy (non-hydrogen) atoms. The molecule has 0 aliphatic carbocycles. The van der Waals surface area contributed by atoms with Crippen molar-refractivity contribution < 1.29 is 8.42 Å². The largest absolute Gasteiger partial charge is 0.402 e. The number of nitrogens with zero attached hydrogens (tertiary/aromatic N) is 2. The van der Waals surface area contributed by atoms with Gasteiger partial charge in [-0.1, -0.05) is 6.58 Å². The molecule has 0 aliphatic rings. The molecule has 1 aromatic rings. The Balaban J connectivity index is 3.13. The SMILES string of the molecule is C=C/C(=C\C=C(/C)N)S(=O)(=O)Nc1nc(C)cc(C)n1. The lowest BCUT2D eigenvalue weighted by molar-refractivity contribution is 0.607. The summed E-state index contributed by atoms with van der Waals surface area (Å²) in [5.41, 5.74) is 7.32. The lowest BCUT2D eigenvalue weighted by atomic mass is 10.4. The van der Waals surface area contributed by atoms with Crippen LogP contribution in [0.25, 0.3) is 0 Å². The predicted molar refractivity (Wildman–Crippen MR) is 80.3 cm³/mol. The molecular formula is C13H18N4O2S. The zero-order valence-corrected chi connectivity index (χ0v) is 12.5. The fourth-order valence-corrected chi connectivity index (χ4v) is 2.35. The van der Waals surface area contributed by atoms with E-state index in [2.05, 4.69) is 21.3 Å². The van der Waals surface area contributed by atoms with Crippen LogP contribution >= 0.6 is 0 Å². The van der Waals surface area contributed by atoms with Crippen molar-refractivity contribution in [1.82, 2.24) is 9.97 Å². The minimum atomic E-state index is -3.79. The van der Waals surface area contributed by atoms with Gasteiger partial charge in [0.2, 0.25) is 5.95 Å². The quantitative estimate of drug-likeness (QED) is 0.806. The van der Waals surface area contributed by atoms with Crippen molar-refractivity contribution >= 4 is 16.0 Å². The van der Waals surface area contributed by atoms with Crippen LogP contribution in [0.1, 0.15) is 18.3 Å². The normalized spacial score (nSPS) is 13.2. The molecule has 0 spiro atoms. The molecule has 1 heterocycles. The van der Waals surface area contributed by atoms with Gasteiger partial charge in [0.05, 0.1) is 4.91 Å². The third kappa shape index (κ3) is 4.51. The minimum absolute atomic E-state index is 0.00920. The van der Waals surface area contributed by atoms with Crippen LogP contribution in [-0.4, -0.2) is 18.4 Å². The van der Waals surface area contributed by atoms with Gasteiger partial charge in [0, 0.05) is 17.1 Å². The number of nitrogens with two attached hydrogens (primary N) is 1. The zero-order chi connectivity index (χ0) is 15.3. The van der Waals surface area contributed by atoms with E-state index >= 15 is 0 Å². The highest BCUT2D eigenvalue weighted by atomic mass is 32.2. The van der Waals surface area contributed by atoms with Crippen molar-refractivity contribution in [3.63, 3.8) is 0 Å². The number of allylic oxidation sites excluding steroid dienone is 4. The molecule has 6 nitrogen and oxygen atoms in total. The van der Waals surface area contributed by atoms with Crippen LogP contribution in [-0.2, 0) is 10.0 Å². The summed E-state index contributed by atoms with van der Waals surface area (Å²) in [5, 5.41) is 0. The van der Waals surface area contributed by atoms with Crippen molar-refractivity contribution in [2.45, 2.75) is 20.8 Å². The van der Waals surface area contributed by atoms with Gasteiger partial charge in [0.25, 0.3) is 10.0 Å². The standard InChI is InChI=1S/C13H18N4O2S/c1-5-12(7-6-9(2)14)20(18,19)17-13-15-10(3)8-11(4)16-13/h5-8H,1,14H2,2-4H3,(H,15,16,17)/b9-6+,12-7+. The molecule has 0 saturated heterocycles. The predicted octanol–water partition coefficient (Wildman–Crippen LogP) is 1.77. The van der Waals surface area contributed by atoms with E-state index < -0.39 is 10.0 Å². The molecule has 0 saturated carbocycles. The lowest BCUT2D eigenvalue weighted by Crippen LogP contribution is -2.16. The van der Waals surface area contributed by atoms with Gasteiger partial charge in [0.1, 0.15) is 0 Å². The smallest absolute Gasteiger partial charge is 0.264 e. The third-order valence-corrected chi connectivity index (χ3v) is 3.60. The second-order valence-corrected chi connectivity index (χ2v) is 5.95. The van der Waals surface area contributed by atoms with Crippen molar-refractivity contribution in [2.75, 3.05) is 4.72 Å². The Bertz CT molecular complexity index is 651. The topological polar surface area (TPSA) is 98.0 Å². The Morgan fingerprint density at radius 1 is 1.30 bits per heavy atom. The monoisotopic (exact) mass is 294 g/mol. The van der Waals surface area contributed by atoms with Crippen LogP contribution in [0.4, 0.5) is 5.95 Å². The first kappa shape index (κ1) is 15.9. The molecule has 0 fully saturated rings. The molecule has 1 aromatic heterocycles. The maximum Gasteiger partial charge on any atom is 0.264 e. The number of aromatic nitrogens is 2. The van der Waals surface area contributed by atoms with Crippen LogP contribution in [0, 0.1) is 13.8 Å². The van der Waals surface area contributed by atoms with Crippen LogP contribution in [0.3, 0.4) is 0 Å². The van der Waals surface area contributed by atoms with Gasteiger partial charge in [-0.3, -0.25) is 0 Å². The molecule has 0 atom stereocenters. The lowest BCUT2D eigenvalue weighted by Gasteiger charge is -2.08. The summed E-state index contributed by atoms with van der Waals surface area (Å²) < 4.78 is 26.6. The van der Waals surface area contributed by atoms with E-state index in [4.69, 9.17) is 5.73 Å². The van der Waals surface area contributed by atoms with E-state index in [0.29, 0.717) is 17.1 Å². The van der Waals surface area contributed by atoms with Crippen LogP contribution in [0.5, 0.6) is 0 Å². The van der Waals surface area contributed by atoms with E-state index in [9.17, 15) is 8.42 Å². The van der Waals surface area contributed by atoms with Crippen molar-refractivity contribution in [1.29, 1.82) is 0 Å².